The van der Waals surface area contributed by atoms with Crippen molar-refractivity contribution in [2.45, 2.75) is 45.1 Å². The van der Waals surface area contributed by atoms with Gasteiger partial charge in [-0.2, -0.15) is 0 Å². The van der Waals surface area contributed by atoms with Gasteiger partial charge in [-0.25, -0.2) is 0 Å². The van der Waals surface area contributed by atoms with Crippen molar-refractivity contribution >= 4 is 35.8 Å². The first kappa shape index (κ1) is 25.2. The van der Waals surface area contributed by atoms with Gasteiger partial charge in [-0.1, -0.05) is 56.3 Å². The fourth-order valence-corrected chi connectivity index (χ4v) is 3.75. The number of hydrogen-bond acceptors (Lipinski definition) is 2. The summed E-state index contributed by atoms with van der Waals surface area (Å²) in [6.45, 7) is 7.64. The first-order valence-corrected chi connectivity index (χ1v) is 10.9. The van der Waals surface area contributed by atoms with Gasteiger partial charge in [-0.15, -0.1) is 24.0 Å². The number of nitrogens with one attached hydrogen (secondary N) is 2. The number of amides is 1. The Morgan fingerprint density at radius 1 is 0.968 bits per heavy atom. The molecule has 2 aromatic carbocycles. The first-order valence-electron chi connectivity index (χ1n) is 10.9. The van der Waals surface area contributed by atoms with E-state index in [-0.39, 0.29) is 35.3 Å². The normalized spacial score (nSPS) is 14.5. The third-order valence-corrected chi connectivity index (χ3v) is 5.78. The fraction of sp³-hybridized carbons (Fsp3) is 0.440. The molecule has 0 bridgehead atoms. The minimum absolute atomic E-state index is 0. The standard InChI is InChI=1S/C25H34N4O.HI/c1-25(2,22-10-6-4-7-11-22)19-28-24(26-3)27-18-20-12-14-21(15-13-20)23(30)29-16-8-5-9-17-29;/h4,6-7,10-15H,5,8-9,16-19H2,1-3H3,(H2,26,27,28);1H. The SMILES string of the molecule is CN=C(NCc1ccc(C(=O)N2CCCCC2)cc1)NCC(C)(C)c1ccccc1.I. The highest BCUT2D eigenvalue weighted by Gasteiger charge is 2.21. The van der Waals surface area contributed by atoms with E-state index < -0.39 is 0 Å². The summed E-state index contributed by atoms with van der Waals surface area (Å²) >= 11 is 0. The summed E-state index contributed by atoms with van der Waals surface area (Å²) < 4.78 is 0. The number of piperidine rings is 1. The molecule has 0 atom stereocenters. The fourth-order valence-electron chi connectivity index (χ4n) is 3.75. The van der Waals surface area contributed by atoms with Crippen molar-refractivity contribution in [1.29, 1.82) is 0 Å². The summed E-state index contributed by atoms with van der Waals surface area (Å²) in [6.07, 6.45) is 3.45. The van der Waals surface area contributed by atoms with Crippen LogP contribution < -0.4 is 10.6 Å². The lowest BCUT2D eigenvalue weighted by Crippen LogP contribution is -2.43. The van der Waals surface area contributed by atoms with Gasteiger partial charge in [0.2, 0.25) is 0 Å². The van der Waals surface area contributed by atoms with E-state index in [2.05, 4.69) is 53.7 Å². The van der Waals surface area contributed by atoms with Crippen LogP contribution >= 0.6 is 24.0 Å². The minimum Gasteiger partial charge on any atom is -0.356 e. The summed E-state index contributed by atoms with van der Waals surface area (Å²) in [5.74, 6) is 0.919. The minimum atomic E-state index is -0.00462. The molecule has 0 unspecified atom stereocenters. The summed E-state index contributed by atoms with van der Waals surface area (Å²) in [5, 5.41) is 6.79. The summed E-state index contributed by atoms with van der Waals surface area (Å²) in [5.41, 5.74) is 3.18. The maximum absolute atomic E-state index is 12.6. The average Bonchev–Trinajstić information content (AvgIpc) is 2.80. The number of aliphatic imine (C=N–C) groups is 1. The molecule has 168 valence electrons. The molecule has 0 saturated carbocycles. The van der Waals surface area contributed by atoms with Gasteiger partial charge in [-0.3, -0.25) is 9.79 Å². The number of guanidine groups is 1. The second kappa shape index (κ2) is 12.1. The summed E-state index contributed by atoms with van der Waals surface area (Å²) in [7, 11) is 1.78. The highest BCUT2D eigenvalue weighted by Crippen LogP contribution is 2.21. The Morgan fingerprint density at radius 3 is 2.23 bits per heavy atom. The van der Waals surface area contributed by atoms with Crippen LogP contribution in [0.4, 0.5) is 0 Å². The van der Waals surface area contributed by atoms with Gasteiger partial charge in [0.1, 0.15) is 0 Å². The Morgan fingerprint density at radius 2 is 1.61 bits per heavy atom. The van der Waals surface area contributed by atoms with Crippen molar-refractivity contribution in [1.82, 2.24) is 15.5 Å². The van der Waals surface area contributed by atoms with Crippen molar-refractivity contribution in [2.24, 2.45) is 4.99 Å². The molecule has 1 aliphatic rings. The number of hydrogen-bond donors (Lipinski definition) is 2. The Labute approximate surface area is 203 Å². The third-order valence-electron chi connectivity index (χ3n) is 5.78. The monoisotopic (exact) mass is 534 g/mol. The lowest BCUT2D eigenvalue weighted by molar-refractivity contribution is 0.0724. The van der Waals surface area contributed by atoms with Crippen LogP contribution in [0.25, 0.3) is 0 Å². The smallest absolute Gasteiger partial charge is 0.253 e. The van der Waals surface area contributed by atoms with Crippen molar-refractivity contribution in [3.63, 3.8) is 0 Å². The number of carbonyl (C=O) groups is 1. The molecule has 1 aliphatic heterocycles. The Hall–Kier alpha value is -2.09. The van der Waals surface area contributed by atoms with E-state index in [1.54, 1.807) is 7.05 Å². The lowest BCUT2D eigenvalue weighted by Gasteiger charge is -2.27. The number of carbonyl (C=O) groups excluding carboxylic acids is 1. The van der Waals surface area contributed by atoms with Gasteiger partial charge >= 0.3 is 0 Å². The predicted molar refractivity (Wildman–Crippen MR) is 139 cm³/mol. The highest BCUT2D eigenvalue weighted by atomic mass is 127. The van der Waals surface area contributed by atoms with E-state index in [1.807, 2.05) is 35.2 Å². The molecule has 1 saturated heterocycles. The largest absolute Gasteiger partial charge is 0.356 e. The van der Waals surface area contributed by atoms with Crippen LogP contribution in [-0.4, -0.2) is 43.4 Å². The van der Waals surface area contributed by atoms with Crippen molar-refractivity contribution < 1.29 is 4.79 Å². The van der Waals surface area contributed by atoms with Crippen LogP contribution in [0.5, 0.6) is 0 Å². The molecule has 2 N–H and O–H groups in total. The topological polar surface area (TPSA) is 56.7 Å². The molecule has 0 radical (unpaired) electrons. The van der Waals surface area contributed by atoms with E-state index >= 15 is 0 Å². The maximum atomic E-state index is 12.6. The van der Waals surface area contributed by atoms with Crippen LogP contribution in [-0.2, 0) is 12.0 Å². The summed E-state index contributed by atoms with van der Waals surface area (Å²) in [4.78, 5) is 18.9. The highest BCUT2D eigenvalue weighted by molar-refractivity contribution is 14.0. The maximum Gasteiger partial charge on any atom is 0.253 e. The van der Waals surface area contributed by atoms with E-state index in [4.69, 9.17) is 0 Å². The van der Waals surface area contributed by atoms with Crippen LogP contribution in [0, 0.1) is 0 Å². The van der Waals surface area contributed by atoms with E-state index in [9.17, 15) is 4.79 Å². The molecule has 2 aromatic rings. The molecular weight excluding hydrogens is 499 g/mol. The van der Waals surface area contributed by atoms with E-state index in [0.717, 1.165) is 49.6 Å². The van der Waals surface area contributed by atoms with Crippen LogP contribution in [0.1, 0.15) is 54.6 Å². The Bertz CT molecular complexity index is 844. The molecule has 1 heterocycles. The van der Waals surface area contributed by atoms with Crippen LogP contribution in [0.2, 0.25) is 0 Å². The van der Waals surface area contributed by atoms with Gasteiger partial charge in [0.15, 0.2) is 5.96 Å². The number of rotatable bonds is 6. The molecule has 0 aliphatic carbocycles. The number of likely N-dealkylation sites (tertiary alicyclic amines) is 1. The van der Waals surface area contributed by atoms with Gasteiger partial charge in [-0.05, 0) is 42.5 Å². The van der Waals surface area contributed by atoms with Crippen molar-refractivity contribution in [2.75, 3.05) is 26.7 Å². The van der Waals surface area contributed by atoms with Gasteiger partial charge < -0.3 is 15.5 Å². The zero-order valence-corrected chi connectivity index (χ0v) is 21.2. The molecule has 6 heteroatoms. The zero-order chi connectivity index (χ0) is 21.4. The van der Waals surface area contributed by atoms with E-state index in [0.29, 0.717) is 6.54 Å². The zero-order valence-electron chi connectivity index (χ0n) is 18.9. The molecule has 0 aromatic heterocycles. The number of benzene rings is 2. The van der Waals surface area contributed by atoms with Crippen LogP contribution in [0.15, 0.2) is 59.6 Å². The van der Waals surface area contributed by atoms with Gasteiger partial charge in [0, 0.05) is 44.2 Å². The molecule has 31 heavy (non-hydrogen) atoms. The quantitative estimate of drug-likeness (QED) is 0.324. The Balaban J connectivity index is 0.00000341. The second-order valence-corrected chi connectivity index (χ2v) is 8.58. The Kier molecular flexibility index (Phi) is 9.81. The molecule has 5 nitrogen and oxygen atoms in total. The van der Waals surface area contributed by atoms with Crippen molar-refractivity contribution in [3.05, 3.63) is 71.3 Å². The van der Waals surface area contributed by atoms with Gasteiger partial charge in [0.05, 0.1) is 0 Å². The lowest BCUT2D eigenvalue weighted by atomic mass is 9.85. The van der Waals surface area contributed by atoms with E-state index in [1.165, 1.54) is 12.0 Å². The third kappa shape index (κ3) is 7.23. The molecular formula is C25H35IN4O. The number of halogens is 1. The summed E-state index contributed by atoms with van der Waals surface area (Å²) in [6, 6.07) is 18.4. The second-order valence-electron chi connectivity index (χ2n) is 8.58. The molecule has 1 amide bonds. The molecule has 0 spiro atoms. The van der Waals surface area contributed by atoms with Crippen LogP contribution in [0.3, 0.4) is 0 Å². The van der Waals surface area contributed by atoms with Gasteiger partial charge in [0.25, 0.3) is 5.91 Å². The molecule has 1 fully saturated rings. The average molecular weight is 534 g/mol. The predicted octanol–water partition coefficient (Wildman–Crippen LogP) is 4.57. The number of nitrogens with zero attached hydrogens (tertiary/aromatic N) is 2. The van der Waals surface area contributed by atoms with Crippen molar-refractivity contribution in [3.8, 4) is 0 Å². The first-order chi connectivity index (χ1) is 14.5. The molecule has 3 rings (SSSR count).